The molecule has 1 rings (SSSR count). The second kappa shape index (κ2) is 7.00. The second-order valence-electron chi connectivity index (χ2n) is 3.43. The number of carbonyl (C=O) groups excluding carboxylic acids is 2. The van der Waals surface area contributed by atoms with E-state index in [0.29, 0.717) is 10.6 Å². The van der Waals surface area contributed by atoms with Crippen LogP contribution in [0.1, 0.15) is 24.3 Å². The van der Waals surface area contributed by atoms with Crippen LogP contribution in [-0.2, 0) is 9.53 Å². The topological polar surface area (TPSA) is 65.5 Å². The van der Waals surface area contributed by atoms with Crippen molar-refractivity contribution in [1.29, 1.82) is 0 Å². The SMILES string of the molecule is CCSc1cc(OCC(C)=O)cnc1C(=O)OC. The molecule has 1 heterocycles. The Labute approximate surface area is 110 Å². The van der Waals surface area contributed by atoms with Crippen LogP contribution >= 0.6 is 11.8 Å². The first-order valence-electron chi connectivity index (χ1n) is 5.41. The number of methoxy groups -OCH3 is 1. The van der Waals surface area contributed by atoms with E-state index in [4.69, 9.17) is 4.74 Å². The molecule has 0 N–H and O–H groups in total. The van der Waals surface area contributed by atoms with Crippen LogP contribution in [0, 0.1) is 0 Å². The van der Waals surface area contributed by atoms with Crippen LogP contribution in [0.3, 0.4) is 0 Å². The largest absolute Gasteiger partial charge is 0.484 e. The minimum Gasteiger partial charge on any atom is -0.484 e. The Balaban J connectivity index is 2.95. The average molecular weight is 269 g/mol. The molecule has 0 aliphatic carbocycles. The van der Waals surface area contributed by atoms with E-state index < -0.39 is 5.97 Å². The lowest BCUT2D eigenvalue weighted by Crippen LogP contribution is -2.09. The number of hydrogen-bond donors (Lipinski definition) is 0. The fourth-order valence-electron chi connectivity index (χ4n) is 1.21. The van der Waals surface area contributed by atoms with Gasteiger partial charge < -0.3 is 9.47 Å². The summed E-state index contributed by atoms with van der Waals surface area (Å²) in [6.45, 7) is 3.41. The first-order chi connectivity index (χ1) is 8.58. The van der Waals surface area contributed by atoms with Crippen LogP contribution < -0.4 is 4.74 Å². The van der Waals surface area contributed by atoms with Crippen LogP contribution in [0.25, 0.3) is 0 Å². The zero-order chi connectivity index (χ0) is 13.5. The Morgan fingerprint density at radius 1 is 1.44 bits per heavy atom. The lowest BCUT2D eigenvalue weighted by molar-refractivity contribution is -0.118. The van der Waals surface area contributed by atoms with Crippen molar-refractivity contribution in [2.24, 2.45) is 0 Å². The van der Waals surface area contributed by atoms with Crippen molar-refractivity contribution in [3.63, 3.8) is 0 Å². The number of pyridine rings is 1. The number of aromatic nitrogens is 1. The van der Waals surface area contributed by atoms with E-state index in [0.717, 1.165) is 5.75 Å². The Morgan fingerprint density at radius 3 is 2.72 bits per heavy atom. The van der Waals surface area contributed by atoms with Gasteiger partial charge in [-0.3, -0.25) is 4.79 Å². The molecule has 0 aliphatic heterocycles. The summed E-state index contributed by atoms with van der Waals surface area (Å²) in [5, 5.41) is 0. The quantitative estimate of drug-likeness (QED) is 0.581. The van der Waals surface area contributed by atoms with Gasteiger partial charge in [0.05, 0.1) is 13.3 Å². The van der Waals surface area contributed by atoms with Gasteiger partial charge in [-0.2, -0.15) is 0 Å². The highest BCUT2D eigenvalue weighted by Crippen LogP contribution is 2.25. The fraction of sp³-hybridized carbons (Fsp3) is 0.417. The van der Waals surface area contributed by atoms with E-state index in [-0.39, 0.29) is 18.1 Å². The number of ether oxygens (including phenoxy) is 2. The molecule has 0 aliphatic rings. The van der Waals surface area contributed by atoms with Gasteiger partial charge in [-0.25, -0.2) is 9.78 Å². The lowest BCUT2D eigenvalue weighted by Gasteiger charge is -2.09. The lowest BCUT2D eigenvalue weighted by atomic mass is 10.3. The summed E-state index contributed by atoms with van der Waals surface area (Å²) in [5.41, 5.74) is 0.263. The van der Waals surface area contributed by atoms with Crippen molar-refractivity contribution in [3.8, 4) is 5.75 Å². The van der Waals surface area contributed by atoms with Crippen molar-refractivity contribution < 1.29 is 19.1 Å². The summed E-state index contributed by atoms with van der Waals surface area (Å²) >= 11 is 1.47. The van der Waals surface area contributed by atoms with E-state index in [1.165, 1.54) is 32.0 Å². The van der Waals surface area contributed by atoms with E-state index in [1.54, 1.807) is 6.07 Å². The van der Waals surface area contributed by atoms with Gasteiger partial charge in [0.15, 0.2) is 11.5 Å². The number of ketones is 1. The monoisotopic (exact) mass is 269 g/mol. The summed E-state index contributed by atoms with van der Waals surface area (Å²) in [6, 6.07) is 1.69. The van der Waals surface area contributed by atoms with Crippen LogP contribution in [0.4, 0.5) is 0 Å². The Bertz CT molecular complexity index is 448. The molecule has 0 saturated carbocycles. The van der Waals surface area contributed by atoms with Crippen molar-refractivity contribution in [3.05, 3.63) is 18.0 Å². The Kier molecular flexibility index (Phi) is 5.64. The number of esters is 1. The van der Waals surface area contributed by atoms with Gasteiger partial charge in [-0.05, 0) is 18.7 Å². The van der Waals surface area contributed by atoms with E-state index >= 15 is 0 Å². The van der Waals surface area contributed by atoms with Gasteiger partial charge in [-0.1, -0.05) is 6.92 Å². The fourth-order valence-corrected chi connectivity index (χ4v) is 1.99. The maximum absolute atomic E-state index is 11.5. The van der Waals surface area contributed by atoms with Crippen molar-refractivity contribution in [1.82, 2.24) is 4.98 Å². The van der Waals surface area contributed by atoms with Gasteiger partial charge in [0.1, 0.15) is 12.4 Å². The molecule has 1 aromatic rings. The van der Waals surface area contributed by atoms with E-state index in [9.17, 15) is 9.59 Å². The molecule has 0 saturated heterocycles. The predicted molar refractivity (Wildman–Crippen MR) is 68.2 cm³/mol. The molecule has 0 aromatic carbocycles. The molecule has 18 heavy (non-hydrogen) atoms. The number of nitrogens with zero attached hydrogens (tertiary/aromatic N) is 1. The van der Waals surface area contributed by atoms with E-state index in [1.807, 2.05) is 6.92 Å². The number of thioether (sulfide) groups is 1. The minimum absolute atomic E-state index is 0.00448. The first kappa shape index (κ1) is 14.5. The first-order valence-corrected chi connectivity index (χ1v) is 6.40. The molecular formula is C12H15NO4S. The van der Waals surface area contributed by atoms with Gasteiger partial charge in [-0.15, -0.1) is 11.8 Å². The van der Waals surface area contributed by atoms with Crippen LogP contribution in [0.2, 0.25) is 0 Å². The number of hydrogen-bond acceptors (Lipinski definition) is 6. The van der Waals surface area contributed by atoms with Crippen LogP contribution in [-0.4, -0.2) is 36.2 Å². The van der Waals surface area contributed by atoms with Gasteiger partial charge in [0.25, 0.3) is 0 Å². The zero-order valence-corrected chi connectivity index (χ0v) is 11.4. The minimum atomic E-state index is -0.482. The molecule has 0 unspecified atom stereocenters. The molecule has 6 heteroatoms. The normalized spacial score (nSPS) is 9.94. The van der Waals surface area contributed by atoms with Crippen molar-refractivity contribution in [2.45, 2.75) is 18.7 Å². The zero-order valence-electron chi connectivity index (χ0n) is 10.6. The van der Waals surface area contributed by atoms with Crippen LogP contribution in [0.15, 0.2) is 17.2 Å². The third-order valence-corrected chi connectivity index (χ3v) is 2.86. The summed E-state index contributed by atoms with van der Waals surface area (Å²) < 4.78 is 9.90. The molecule has 0 spiro atoms. The number of rotatable bonds is 6. The Hall–Kier alpha value is -1.56. The molecule has 5 nitrogen and oxygen atoms in total. The highest BCUT2D eigenvalue weighted by molar-refractivity contribution is 7.99. The number of carbonyl (C=O) groups is 2. The summed E-state index contributed by atoms with van der Waals surface area (Å²) in [7, 11) is 1.31. The number of Topliss-reactive ketones (excluding diaryl/α,β-unsaturated/α-hetero) is 1. The second-order valence-corrected chi connectivity index (χ2v) is 4.74. The molecule has 98 valence electrons. The molecule has 0 fully saturated rings. The molecule has 0 bridgehead atoms. The van der Waals surface area contributed by atoms with Gasteiger partial charge in [0.2, 0.25) is 0 Å². The highest BCUT2D eigenvalue weighted by atomic mass is 32.2. The third-order valence-electron chi connectivity index (χ3n) is 1.95. The predicted octanol–water partition coefficient (Wildman–Crippen LogP) is 1.95. The van der Waals surface area contributed by atoms with E-state index in [2.05, 4.69) is 9.72 Å². The summed E-state index contributed by atoms with van der Waals surface area (Å²) in [5.74, 6) is 0.705. The van der Waals surface area contributed by atoms with Crippen molar-refractivity contribution >= 4 is 23.5 Å². The average Bonchev–Trinajstić information content (AvgIpc) is 2.36. The smallest absolute Gasteiger partial charge is 0.357 e. The standard InChI is InChI=1S/C12H15NO4S/c1-4-18-10-5-9(17-7-8(2)14)6-13-11(10)12(15)16-3/h5-6H,4,7H2,1-3H3. The van der Waals surface area contributed by atoms with Gasteiger partial charge >= 0.3 is 5.97 Å². The Morgan fingerprint density at radius 2 is 2.17 bits per heavy atom. The maximum atomic E-state index is 11.5. The molecular weight excluding hydrogens is 254 g/mol. The molecule has 0 atom stereocenters. The summed E-state index contributed by atoms with van der Waals surface area (Å²) in [4.78, 5) is 27.0. The van der Waals surface area contributed by atoms with Crippen LogP contribution in [0.5, 0.6) is 5.75 Å². The molecule has 0 radical (unpaired) electrons. The summed E-state index contributed by atoms with van der Waals surface area (Å²) in [6.07, 6.45) is 1.41. The highest BCUT2D eigenvalue weighted by Gasteiger charge is 2.15. The molecule has 0 amide bonds. The van der Waals surface area contributed by atoms with Crippen molar-refractivity contribution in [2.75, 3.05) is 19.5 Å². The third kappa shape index (κ3) is 4.03. The van der Waals surface area contributed by atoms with Gasteiger partial charge in [0, 0.05) is 4.90 Å². The molecule has 1 aromatic heterocycles. The maximum Gasteiger partial charge on any atom is 0.357 e.